The van der Waals surface area contributed by atoms with E-state index in [4.69, 9.17) is 26.8 Å². The van der Waals surface area contributed by atoms with Gasteiger partial charge in [0.15, 0.2) is 18.1 Å². The second-order valence-electron chi connectivity index (χ2n) is 7.96. The van der Waals surface area contributed by atoms with Crippen LogP contribution in [0.4, 0.5) is 0 Å². The number of nitrogens with one attached hydrogen (secondary N) is 1. The Kier molecular flexibility index (Phi) is 9.35. The number of amides is 2. The first-order valence-electron chi connectivity index (χ1n) is 11.0. The molecule has 1 heterocycles. The van der Waals surface area contributed by atoms with Crippen molar-refractivity contribution < 1.29 is 19.1 Å². The van der Waals surface area contributed by atoms with Crippen LogP contribution in [0.25, 0.3) is 0 Å². The number of nitrogens with two attached hydrogens (primary N) is 1. The van der Waals surface area contributed by atoms with Crippen LogP contribution in [-0.2, 0) is 11.3 Å². The third-order valence-corrected chi connectivity index (χ3v) is 5.78. The van der Waals surface area contributed by atoms with Crippen molar-refractivity contribution in [2.45, 2.75) is 13.0 Å². The molecule has 3 N–H and O–H groups in total. The summed E-state index contributed by atoms with van der Waals surface area (Å²) in [7, 11) is 1.43. The summed E-state index contributed by atoms with van der Waals surface area (Å²) in [6.07, 6.45) is 0.856. The summed E-state index contributed by atoms with van der Waals surface area (Å²) in [6, 6.07) is 13.6. The molecule has 1 aliphatic heterocycles. The van der Waals surface area contributed by atoms with E-state index in [2.05, 4.69) is 39.4 Å². The minimum absolute atomic E-state index is 0.175. The Bertz CT molecular complexity index is 934. The minimum atomic E-state index is -0.632. The number of carbonyl (C=O) groups excluding carboxylic acids is 2. The van der Waals surface area contributed by atoms with Crippen LogP contribution < -0.4 is 20.5 Å². The van der Waals surface area contributed by atoms with E-state index in [-0.39, 0.29) is 29.0 Å². The molecule has 0 unspecified atom stereocenters. The smallest absolute Gasteiger partial charge is 0.255 e. The van der Waals surface area contributed by atoms with E-state index in [9.17, 15) is 9.59 Å². The average molecular weight is 475 g/mol. The van der Waals surface area contributed by atoms with Crippen molar-refractivity contribution in [1.82, 2.24) is 15.1 Å². The number of carbonyl (C=O) groups is 2. The third kappa shape index (κ3) is 7.63. The zero-order chi connectivity index (χ0) is 23.6. The van der Waals surface area contributed by atoms with Gasteiger partial charge in [0.05, 0.1) is 12.1 Å². The number of ether oxygens (including phenoxy) is 2. The van der Waals surface area contributed by atoms with Crippen LogP contribution in [-0.4, -0.2) is 74.6 Å². The fraction of sp³-hybridized carbons (Fsp3) is 0.417. The van der Waals surface area contributed by atoms with Crippen molar-refractivity contribution in [3.8, 4) is 11.5 Å². The van der Waals surface area contributed by atoms with Crippen LogP contribution >= 0.6 is 11.6 Å². The molecule has 0 aromatic heterocycles. The highest BCUT2D eigenvalue weighted by Crippen LogP contribution is 2.36. The third-order valence-electron chi connectivity index (χ3n) is 5.50. The number of benzene rings is 2. The van der Waals surface area contributed by atoms with Gasteiger partial charge in [0, 0.05) is 44.8 Å². The second kappa shape index (κ2) is 12.4. The van der Waals surface area contributed by atoms with Gasteiger partial charge >= 0.3 is 0 Å². The van der Waals surface area contributed by atoms with Gasteiger partial charge in [0.2, 0.25) is 0 Å². The van der Waals surface area contributed by atoms with Crippen LogP contribution in [0.3, 0.4) is 0 Å². The number of rotatable bonds is 11. The minimum Gasteiger partial charge on any atom is -0.493 e. The topological polar surface area (TPSA) is 97.1 Å². The molecule has 0 aliphatic carbocycles. The van der Waals surface area contributed by atoms with Crippen molar-refractivity contribution >= 4 is 23.4 Å². The molecule has 178 valence electrons. The van der Waals surface area contributed by atoms with Crippen molar-refractivity contribution in [3.63, 3.8) is 0 Å². The lowest BCUT2D eigenvalue weighted by molar-refractivity contribution is -0.119. The van der Waals surface area contributed by atoms with Crippen LogP contribution in [0.2, 0.25) is 5.02 Å². The Labute approximate surface area is 199 Å². The molecule has 2 aromatic carbocycles. The molecule has 33 heavy (non-hydrogen) atoms. The van der Waals surface area contributed by atoms with Gasteiger partial charge in [0.1, 0.15) is 0 Å². The van der Waals surface area contributed by atoms with Crippen LogP contribution in [0, 0.1) is 0 Å². The van der Waals surface area contributed by atoms with Crippen molar-refractivity contribution in [2.75, 3.05) is 53.0 Å². The zero-order valence-electron chi connectivity index (χ0n) is 18.9. The number of hydrogen-bond acceptors (Lipinski definition) is 6. The van der Waals surface area contributed by atoms with Crippen molar-refractivity contribution in [2.24, 2.45) is 5.73 Å². The number of methoxy groups -OCH3 is 1. The Morgan fingerprint density at radius 3 is 2.45 bits per heavy atom. The molecule has 0 radical (unpaired) electrons. The first kappa shape index (κ1) is 24.8. The Balaban J connectivity index is 1.40. The van der Waals surface area contributed by atoms with Crippen LogP contribution in [0.5, 0.6) is 11.5 Å². The van der Waals surface area contributed by atoms with Gasteiger partial charge in [0.25, 0.3) is 11.8 Å². The van der Waals surface area contributed by atoms with Gasteiger partial charge in [-0.2, -0.15) is 0 Å². The number of nitrogens with zero attached hydrogens (tertiary/aromatic N) is 2. The molecule has 9 heteroatoms. The predicted molar refractivity (Wildman–Crippen MR) is 128 cm³/mol. The van der Waals surface area contributed by atoms with Crippen molar-refractivity contribution in [3.05, 3.63) is 58.6 Å². The largest absolute Gasteiger partial charge is 0.493 e. The molecule has 0 atom stereocenters. The summed E-state index contributed by atoms with van der Waals surface area (Å²) >= 11 is 6.22. The Morgan fingerprint density at radius 1 is 1.09 bits per heavy atom. The van der Waals surface area contributed by atoms with Gasteiger partial charge in [-0.3, -0.25) is 14.5 Å². The van der Waals surface area contributed by atoms with Crippen LogP contribution in [0.1, 0.15) is 22.3 Å². The molecule has 2 amide bonds. The highest BCUT2D eigenvalue weighted by Gasteiger charge is 2.18. The standard InChI is InChI=1S/C24H31ClN4O4/c1-32-21-15-19(14-20(25)23(21)33-17-22(26)30)24(31)27-8-5-9-28-10-12-29(13-11-28)16-18-6-3-2-4-7-18/h2-4,6-7,14-15H,5,8-13,16-17H2,1H3,(H2,26,30)(H,27,31). The van der Waals surface area contributed by atoms with Gasteiger partial charge in [-0.1, -0.05) is 41.9 Å². The van der Waals surface area contributed by atoms with E-state index in [1.807, 2.05) is 6.07 Å². The Hall–Kier alpha value is -2.81. The molecule has 0 spiro atoms. The monoisotopic (exact) mass is 474 g/mol. The van der Waals surface area contributed by atoms with E-state index in [1.165, 1.54) is 24.8 Å². The first-order chi connectivity index (χ1) is 16.0. The normalized spacial score (nSPS) is 14.6. The fourth-order valence-corrected chi connectivity index (χ4v) is 4.02. The quantitative estimate of drug-likeness (QED) is 0.484. The number of halogens is 1. The van der Waals surface area contributed by atoms with Crippen molar-refractivity contribution in [1.29, 1.82) is 0 Å². The van der Waals surface area contributed by atoms with Gasteiger partial charge < -0.3 is 25.4 Å². The summed E-state index contributed by atoms with van der Waals surface area (Å²) < 4.78 is 10.5. The van der Waals surface area contributed by atoms with E-state index in [0.717, 1.165) is 45.7 Å². The molecule has 2 aromatic rings. The number of hydrogen-bond donors (Lipinski definition) is 2. The molecular formula is C24H31ClN4O4. The summed E-state index contributed by atoms with van der Waals surface area (Å²) in [5.74, 6) is -0.430. The molecule has 0 bridgehead atoms. The van der Waals surface area contributed by atoms with E-state index in [0.29, 0.717) is 12.1 Å². The first-order valence-corrected chi connectivity index (χ1v) is 11.4. The predicted octanol–water partition coefficient (Wildman–Crippen LogP) is 2.15. The zero-order valence-corrected chi connectivity index (χ0v) is 19.6. The highest BCUT2D eigenvalue weighted by molar-refractivity contribution is 6.32. The molecular weight excluding hydrogens is 444 g/mol. The highest BCUT2D eigenvalue weighted by atomic mass is 35.5. The number of primary amides is 1. The molecule has 3 rings (SSSR count). The fourth-order valence-electron chi connectivity index (χ4n) is 3.75. The van der Waals surface area contributed by atoms with E-state index in [1.54, 1.807) is 0 Å². The summed E-state index contributed by atoms with van der Waals surface area (Å²) in [4.78, 5) is 28.4. The van der Waals surface area contributed by atoms with E-state index < -0.39 is 5.91 Å². The lowest BCUT2D eigenvalue weighted by Crippen LogP contribution is -2.46. The molecule has 0 saturated carbocycles. The maximum Gasteiger partial charge on any atom is 0.255 e. The lowest BCUT2D eigenvalue weighted by Gasteiger charge is -2.34. The summed E-state index contributed by atoms with van der Waals surface area (Å²) in [6.45, 7) is 6.30. The summed E-state index contributed by atoms with van der Waals surface area (Å²) in [5, 5.41) is 3.10. The van der Waals surface area contributed by atoms with Gasteiger partial charge in [-0.15, -0.1) is 0 Å². The maximum atomic E-state index is 12.5. The SMILES string of the molecule is COc1cc(C(=O)NCCCN2CCN(Cc3ccccc3)CC2)cc(Cl)c1OCC(N)=O. The van der Waals surface area contributed by atoms with Gasteiger partial charge in [-0.05, 0) is 30.7 Å². The maximum absolute atomic E-state index is 12.5. The number of piperazine rings is 1. The van der Waals surface area contributed by atoms with Gasteiger partial charge in [-0.25, -0.2) is 0 Å². The second-order valence-corrected chi connectivity index (χ2v) is 8.36. The molecule has 1 saturated heterocycles. The Morgan fingerprint density at radius 2 is 1.79 bits per heavy atom. The average Bonchev–Trinajstić information content (AvgIpc) is 2.82. The van der Waals surface area contributed by atoms with E-state index >= 15 is 0 Å². The molecule has 1 aliphatic rings. The van der Waals surface area contributed by atoms with Crippen LogP contribution in [0.15, 0.2) is 42.5 Å². The molecule has 8 nitrogen and oxygen atoms in total. The summed E-state index contributed by atoms with van der Waals surface area (Å²) in [5.41, 5.74) is 6.81. The molecule has 1 fully saturated rings. The lowest BCUT2D eigenvalue weighted by atomic mass is 10.1.